The first kappa shape index (κ1) is 18.0. The van der Waals surface area contributed by atoms with E-state index in [1.54, 1.807) is 0 Å². The average molecular weight is 347 g/mol. The number of thiol groups is 1. The van der Waals surface area contributed by atoms with Crippen molar-refractivity contribution in [2.75, 3.05) is 5.75 Å². The fourth-order valence-corrected chi connectivity index (χ4v) is 2.67. The van der Waals surface area contributed by atoms with Crippen LogP contribution in [0.25, 0.3) is 0 Å². The highest BCUT2D eigenvalue weighted by Crippen LogP contribution is 2.17. The summed E-state index contributed by atoms with van der Waals surface area (Å²) in [6, 6.07) is 13.3. The van der Waals surface area contributed by atoms with E-state index in [2.05, 4.69) is 17.9 Å². The molecule has 2 N–H and O–H groups in total. The molecule has 2 atom stereocenters. The number of hydrogen-bond donors (Lipinski definition) is 3. The zero-order valence-electron chi connectivity index (χ0n) is 12.9. The van der Waals surface area contributed by atoms with Crippen LogP contribution >= 0.6 is 12.6 Å². The van der Waals surface area contributed by atoms with Crippen LogP contribution in [0, 0.1) is 11.7 Å². The molecule has 0 aliphatic carbocycles. The second kappa shape index (κ2) is 8.49. The molecule has 0 aliphatic rings. The molecule has 0 saturated carbocycles. The Labute approximate surface area is 145 Å². The third kappa shape index (κ3) is 4.83. The molecule has 126 valence electrons. The molecule has 2 rings (SSSR count). The third-order valence-electron chi connectivity index (χ3n) is 3.63. The van der Waals surface area contributed by atoms with Gasteiger partial charge in [0, 0.05) is 5.75 Å². The van der Waals surface area contributed by atoms with Gasteiger partial charge < -0.3 is 10.4 Å². The number of amides is 1. The molecule has 0 bridgehead atoms. The highest BCUT2D eigenvalue weighted by atomic mass is 32.1. The second-order valence-corrected chi connectivity index (χ2v) is 5.77. The van der Waals surface area contributed by atoms with E-state index in [4.69, 9.17) is 0 Å². The molecule has 24 heavy (non-hydrogen) atoms. The molecule has 0 heterocycles. The number of benzene rings is 2. The standard InChI is InChI=1S/C18H18FNO3S/c19-15-8-4-7-13(10-15)16(18(22)23)20-17(21)14(11-24)9-12-5-2-1-3-6-12/h1-8,10,14,16,24H,9,11H2,(H,20,21)(H,22,23). The predicted molar refractivity (Wildman–Crippen MR) is 92.4 cm³/mol. The van der Waals surface area contributed by atoms with Crippen molar-refractivity contribution >= 4 is 24.5 Å². The van der Waals surface area contributed by atoms with Crippen LogP contribution in [0.5, 0.6) is 0 Å². The van der Waals surface area contributed by atoms with E-state index in [1.807, 2.05) is 30.3 Å². The van der Waals surface area contributed by atoms with Crippen molar-refractivity contribution in [1.82, 2.24) is 5.32 Å². The van der Waals surface area contributed by atoms with Crippen molar-refractivity contribution in [3.05, 3.63) is 71.5 Å². The fourth-order valence-electron chi connectivity index (χ4n) is 2.37. The molecule has 0 saturated heterocycles. The first-order valence-corrected chi connectivity index (χ1v) is 8.08. The topological polar surface area (TPSA) is 66.4 Å². The molecule has 2 aromatic carbocycles. The molecule has 1 amide bonds. The quantitative estimate of drug-likeness (QED) is 0.675. The number of rotatable bonds is 7. The van der Waals surface area contributed by atoms with E-state index in [0.717, 1.165) is 11.6 Å². The summed E-state index contributed by atoms with van der Waals surface area (Å²) in [5.74, 6) is -2.43. The Morgan fingerprint density at radius 3 is 2.42 bits per heavy atom. The highest BCUT2D eigenvalue weighted by Gasteiger charge is 2.26. The van der Waals surface area contributed by atoms with Gasteiger partial charge in [-0.2, -0.15) is 12.6 Å². The zero-order valence-corrected chi connectivity index (χ0v) is 13.7. The minimum atomic E-state index is -1.30. The van der Waals surface area contributed by atoms with Crippen molar-refractivity contribution in [1.29, 1.82) is 0 Å². The van der Waals surface area contributed by atoms with Gasteiger partial charge in [-0.05, 0) is 29.7 Å². The summed E-state index contributed by atoms with van der Waals surface area (Å²) >= 11 is 4.19. The van der Waals surface area contributed by atoms with Crippen molar-refractivity contribution < 1.29 is 19.1 Å². The summed E-state index contributed by atoms with van der Waals surface area (Å²) in [6.45, 7) is 0. The average Bonchev–Trinajstić information content (AvgIpc) is 2.58. The number of aliphatic carboxylic acids is 1. The number of nitrogens with one attached hydrogen (secondary N) is 1. The molecule has 0 aromatic heterocycles. The van der Waals surface area contributed by atoms with E-state index in [9.17, 15) is 19.1 Å². The van der Waals surface area contributed by atoms with Crippen molar-refractivity contribution in [3.63, 3.8) is 0 Å². The number of halogens is 1. The first-order valence-electron chi connectivity index (χ1n) is 7.44. The number of carboxylic acid groups (broad SMARTS) is 1. The molecule has 2 aromatic rings. The lowest BCUT2D eigenvalue weighted by atomic mass is 9.99. The largest absolute Gasteiger partial charge is 0.479 e. The van der Waals surface area contributed by atoms with E-state index >= 15 is 0 Å². The smallest absolute Gasteiger partial charge is 0.330 e. The maximum absolute atomic E-state index is 13.3. The molecule has 0 aliphatic heterocycles. The summed E-state index contributed by atoms with van der Waals surface area (Å²) in [5.41, 5.74) is 1.15. The summed E-state index contributed by atoms with van der Waals surface area (Å²) in [4.78, 5) is 23.9. The van der Waals surface area contributed by atoms with Crippen LogP contribution in [0.3, 0.4) is 0 Å². The number of carbonyl (C=O) groups excluding carboxylic acids is 1. The van der Waals surface area contributed by atoms with E-state index in [1.165, 1.54) is 18.2 Å². The van der Waals surface area contributed by atoms with Gasteiger partial charge in [0.2, 0.25) is 5.91 Å². The van der Waals surface area contributed by atoms with Gasteiger partial charge in [0.25, 0.3) is 0 Å². The van der Waals surface area contributed by atoms with Gasteiger partial charge in [-0.25, -0.2) is 9.18 Å². The molecule has 0 spiro atoms. The van der Waals surface area contributed by atoms with Crippen molar-refractivity contribution in [3.8, 4) is 0 Å². The monoisotopic (exact) mass is 347 g/mol. The van der Waals surface area contributed by atoms with Gasteiger partial charge in [0.05, 0.1) is 5.92 Å². The van der Waals surface area contributed by atoms with Gasteiger partial charge in [-0.15, -0.1) is 0 Å². The van der Waals surface area contributed by atoms with Gasteiger partial charge >= 0.3 is 5.97 Å². The second-order valence-electron chi connectivity index (χ2n) is 5.40. The maximum Gasteiger partial charge on any atom is 0.330 e. The van der Waals surface area contributed by atoms with Crippen molar-refractivity contribution in [2.24, 2.45) is 5.92 Å². The molecule has 6 heteroatoms. The normalized spacial score (nSPS) is 13.1. The van der Waals surface area contributed by atoms with Gasteiger partial charge in [-0.1, -0.05) is 42.5 Å². The molecule has 0 radical (unpaired) electrons. The Balaban J connectivity index is 2.12. The summed E-state index contributed by atoms with van der Waals surface area (Å²) in [7, 11) is 0. The van der Waals surface area contributed by atoms with Crippen LogP contribution < -0.4 is 5.32 Å². The zero-order chi connectivity index (χ0) is 17.5. The Morgan fingerprint density at radius 1 is 1.12 bits per heavy atom. The molecule has 0 fully saturated rings. The molecular weight excluding hydrogens is 329 g/mol. The van der Waals surface area contributed by atoms with Crippen LogP contribution in [0.2, 0.25) is 0 Å². The lowest BCUT2D eigenvalue weighted by Gasteiger charge is -2.19. The van der Waals surface area contributed by atoms with Crippen LogP contribution in [0.1, 0.15) is 17.2 Å². The van der Waals surface area contributed by atoms with Crippen molar-refractivity contribution in [2.45, 2.75) is 12.5 Å². The Kier molecular flexibility index (Phi) is 6.37. The third-order valence-corrected chi connectivity index (χ3v) is 4.07. The summed E-state index contributed by atoms with van der Waals surface area (Å²) in [5, 5.41) is 11.8. The number of hydrogen-bond acceptors (Lipinski definition) is 3. The van der Waals surface area contributed by atoms with Gasteiger partial charge in [0.1, 0.15) is 5.82 Å². The Bertz CT molecular complexity index is 708. The van der Waals surface area contributed by atoms with Gasteiger partial charge in [-0.3, -0.25) is 4.79 Å². The molecule has 4 nitrogen and oxygen atoms in total. The van der Waals surface area contributed by atoms with E-state index in [-0.39, 0.29) is 11.3 Å². The van der Waals surface area contributed by atoms with Crippen LogP contribution in [-0.2, 0) is 16.0 Å². The highest BCUT2D eigenvalue weighted by molar-refractivity contribution is 7.80. The van der Waals surface area contributed by atoms with Crippen LogP contribution in [-0.4, -0.2) is 22.7 Å². The Hall–Kier alpha value is -2.34. The summed E-state index contributed by atoms with van der Waals surface area (Å²) < 4.78 is 13.3. The first-order chi connectivity index (χ1) is 11.5. The maximum atomic E-state index is 13.3. The fraction of sp³-hybridized carbons (Fsp3) is 0.222. The number of carbonyl (C=O) groups is 2. The van der Waals surface area contributed by atoms with Crippen LogP contribution in [0.4, 0.5) is 4.39 Å². The van der Waals surface area contributed by atoms with E-state index in [0.29, 0.717) is 6.42 Å². The van der Waals surface area contributed by atoms with Crippen LogP contribution in [0.15, 0.2) is 54.6 Å². The van der Waals surface area contributed by atoms with E-state index < -0.39 is 29.7 Å². The SMILES string of the molecule is O=C(NC(C(=O)O)c1cccc(F)c1)C(CS)Cc1ccccc1. The van der Waals surface area contributed by atoms with Gasteiger partial charge in [0.15, 0.2) is 6.04 Å². The minimum absolute atomic E-state index is 0.188. The Morgan fingerprint density at radius 2 is 1.83 bits per heavy atom. The lowest BCUT2D eigenvalue weighted by molar-refractivity contribution is -0.142. The predicted octanol–water partition coefficient (Wildman–Crippen LogP) is 2.86. The minimum Gasteiger partial charge on any atom is -0.479 e. The molecular formula is C18H18FNO3S. The number of carboxylic acids is 1. The molecule has 2 unspecified atom stereocenters. The summed E-state index contributed by atoms with van der Waals surface area (Å²) in [6.07, 6.45) is 0.450. The lowest BCUT2D eigenvalue weighted by Crippen LogP contribution is -2.39.